The van der Waals surface area contributed by atoms with E-state index in [-0.39, 0.29) is 47.3 Å². The zero-order valence-electron chi connectivity index (χ0n) is 27.8. The smallest absolute Gasteiger partial charge is 0.716 e. The first-order chi connectivity index (χ1) is 22.7. The first-order valence-electron chi connectivity index (χ1n) is 14.8. The SMILES string of the molecule is CC(=O)N[C@@H]1[C@@H](O)[C@@H](O)[C@H](CO)O[C@@H]1NC(=O)C[C@@H](NC(C)=O)C(=O)N[C@@H](Cc1ccc(OS(=O)(=O)[O-])cc1)C(=O)N[C@@H](C(=O)O)C(C)C.[Na+]. The van der Waals surface area contributed by atoms with Gasteiger partial charge in [0.25, 0.3) is 10.4 Å². The first kappa shape index (κ1) is 44.6. The van der Waals surface area contributed by atoms with Crippen LogP contribution in [0.2, 0.25) is 0 Å². The normalized spacial score (nSPS) is 22.1. The molecule has 1 aliphatic rings. The van der Waals surface area contributed by atoms with Gasteiger partial charge in [-0.25, -0.2) is 13.2 Å². The Bertz CT molecular complexity index is 1480. The Morgan fingerprint density at radius 2 is 1.48 bits per heavy atom. The van der Waals surface area contributed by atoms with Gasteiger partial charge in [-0.3, -0.25) is 24.0 Å². The minimum Gasteiger partial charge on any atom is -0.716 e. The van der Waals surface area contributed by atoms with E-state index >= 15 is 0 Å². The third kappa shape index (κ3) is 14.1. The van der Waals surface area contributed by atoms with Crippen LogP contribution in [0.4, 0.5) is 0 Å². The van der Waals surface area contributed by atoms with Gasteiger partial charge in [0.05, 0.1) is 13.0 Å². The molecule has 1 aliphatic heterocycles. The number of hydrogen-bond acceptors (Lipinski definition) is 14. The molecule has 0 saturated carbocycles. The third-order valence-corrected chi connectivity index (χ3v) is 7.50. The Kier molecular flexibility index (Phi) is 17.7. The quantitative estimate of drug-likeness (QED) is 0.0432. The minimum atomic E-state index is -5.08. The standard InChI is InChI=1S/C28H41N5O15S.Na/c1-12(2)21(28(42)43)33-26(41)17(9-15-5-7-16(8-6-15)48-49(44,45)46)31-25(40)18(29-13(3)35)10-20(37)32-27-22(30-14(4)36)24(39)23(38)19(11-34)47-27;/h5-8,12,17-19,21-24,27,34,38-39H,9-11H2,1-4H3,(H,29,35)(H,30,36)(H,31,40)(H,32,37)(H,33,41)(H,42,43)(H,44,45,46);/q;+1/p-1/t17-,18+,19-,21+,22+,23-,24+,27-;/m0./s1. The molecule has 50 heavy (non-hydrogen) atoms. The average molecular weight is 742 g/mol. The van der Waals surface area contributed by atoms with E-state index < -0.39 is 114 Å². The number of nitrogens with one attached hydrogen (secondary N) is 5. The molecule has 0 aliphatic carbocycles. The molecule has 9 N–H and O–H groups in total. The van der Waals surface area contributed by atoms with E-state index in [0.717, 1.165) is 26.0 Å². The average Bonchev–Trinajstić information content (AvgIpc) is 2.98. The molecule has 0 aromatic heterocycles. The van der Waals surface area contributed by atoms with Gasteiger partial charge in [0.15, 0.2) is 6.23 Å². The Morgan fingerprint density at radius 3 is 1.96 bits per heavy atom. The molecule has 1 fully saturated rings. The Labute approximate surface area is 309 Å². The summed E-state index contributed by atoms with van der Waals surface area (Å²) in [7, 11) is -5.08. The molecule has 274 valence electrons. The maximum Gasteiger partial charge on any atom is 1.00 e. The number of benzene rings is 1. The summed E-state index contributed by atoms with van der Waals surface area (Å²) in [5, 5.41) is 51.3. The summed E-state index contributed by atoms with van der Waals surface area (Å²) in [6.45, 7) is 4.41. The van der Waals surface area contributed by atoms with Crippen LogP contribution in [-0.2, 0) is 50.3 Å². The van der Waals surface area contributed by atoms with E-state index in [1.54, 1.807) is 0 Å². The minimum absolute atomic E-state index is 0. The summed E-state index contributed by atoms with van der Waals surface area (Å²) in [6, 6.07) is -1.24. The first-order valence-corrected chi connectivity index (χ1v) is 16.1. The number of aliphatic carboxylic acids is 1. The second-order valence-electron chi connectivity index (χ2n) is 11.5. The van der Waals surface area contributed by atoms with Gasteiger partial charge in [0.2, 0.25) is 29.5 Å². The van der Waals surface area contributed by atoms with Crippen LogP contribution in [-0.4, -0.2) is 124 Å². The van der Waals surface area contributed by atoms with Crippen LogP contribution in [0.25, 0.3) is 0 Å². The fourth-order valence-electron chi connectivity index (χ4n) is 4.78. The Hall–Kier alpha value is -3.41. The van der Waals surface area contributed by atoms with E-state index in [1.165, 1.54) is 26.0 Å². The van der Waals surface area contributed by atoms with Crippen molar-refractivity contribution in [2.45, 2.75) is 89.2 Å². The predicted molar refractivity (Wildman–Crippen MR) is 163 cm³/mol. The van der Waals surface area contributed by atoms with Gasteiger partial charge in [0.1, 0.15) is 48.2 Å². The fourth-order valence-corrected chi connectivity index (χ4v) is 5.12. The molecule has 2 rings (SSSR count). The molecule has 5 amide bonds. The molecule has 8 atom stereocenters. The van der Waals surface area contributed by atoms with Gasteiger partial charge in [-0.15, -0.1) is 0 Å². The predicted octanol–water partition coefficient (Wildman–Crippen LogP) is -7.26. The van der Waals surface area contributed by atoms with Crippen molar-refractivity contribution in [1.29, 1.82) is 0 Å². The third-order valence-electron chi connectivity index (χ3n) is 7.11. The van der Waals surface area contributed by atoms with Gasteiger partial charge in [0, 0.05) is 20.3 Å². The molecule has 1 saturated heterocycles. The Balaban J connectivity index is 0.0000125. The largest absolute Gasteiger partial charge is 1.00 e. The van der Waals surface area contributed by atoms with Crippen LogP contribution in [0.3, 0.4) is 0 Å². The van der Waals surface area contributed by atoms with E-state index in [0.29, 0.717) is 0 Å². The van der Waals surface area contributed by atoms with Crippen LogP contribution in [0.5, 0.6) is 5.75 Å². The van der Waals surface area contributed by atoms with Crippen molar-refractivity contribution in [1.82, 2.24) is 26.6 Å². The van der Waals surface area contributed by atoms with Gasteiger partial charge in [-0.05, 0) is 23.6 Å². The molecular weight excluding hydrogens is 701 g/mol. The second kappa shape index (κ2) is 19.8. The van der Waals surface area contributed by atoms with Crippen LogP contribution in [0.1, 0.15) is 39.7 Å². The van der Waals surface area contributed by atoms with Crippen molar-refractivity contribution < 1.29 is 101 Å². The fraction of sp³-hybridized carbons (Fsp3) is 0.571. The van der Waals surface area contributed by atoms with E-state index in [2.05, 4.69) is 30.8 Å². The number of carboxylic acid groups (broad SMARTS) is 1. The van der Waals surface area contributed by atoms with Gasteiger partial charge in [-0.1, -0.05) is 26.0 Å². The molecule has 1 heterocycles. The molecule has 1 aromatic carbocycles. The monoisotopic (exact) mass is 741 g/mol. The summed E-state index contributed by atoms with van der Waals surface area (Å²) in [5.41, 5.74) is 0.277. The van der Waals surface area contributed by atoms with Crippen molar-refractivity contribution in [3.63, 3.8) is 0 Å². The van der Waals surface area contributed by atoms with Crippen molar-refractivity contribution in [2.75, 3.05) is 6.61 Å². The molecule has 20 nitrogen and oxygen atoms in total. The van der Waals surface area contributed by atoms with Crippen LogP contribution < -0.4 is 60.3 Å². The number of ether oxygens (including phenoxy) is 1. The number of carbonyl (C=O) groups is 6. The molecule has 0 bridgehead atoms. The molecule has 0 unspecified atom stereocenters. The molecule has 1 aromatic rings. The zero-order valence-corrected chi connectivity index (χ0v) is 30.6. The number of aliphatic hydroxyl groups excluding tert-OH is 3. The molecule has 0 spiro atoms. The van der Waals surface area contributed by atoms with E-state index in [4.69, 9.17) is 4.74 Å². The Morgan fingerprint density at radius 1 is 0.900 bits per heavy atom. The van der Waals surface area contributed by atoms with Gasteiger partial charge >= 0.3 is 35.5 Å². The van der Waals surface area contributed by atoms with Crippen LogP contribution in [0.15, 0.2) is 24.3 Å². The molecular formula is C28H40N5NaO15S. The number of carbonyl (C=O) groups excluding carboxylic acids is 5. The summed E-state index contributed by atoms with van der Waals surface area (Å²) in [4.78, 5) is 75.3. The summed E-state index contributed by atoms with van der Waals surface area (Å²) in [5.74, 6) is -6.77. The van der Waals surface area contributed by atoms with Crippen molar-refractivity contribution in [3.8, 4) is 5.75 Å². The summed E-state index contributed by atoms with van der Waals surface area (Å²) in [6.07, 6.45) is -7.35. The van der Waals surface area contributed by atoms with Crippen molar-refractivity contribution >= 4 is 45.9 Å². The van der Waals surface area contributed by atoms with E-state index in [1.807, 2.05) is 0 Å². The van der Waals surface area contributed by atoms with Crippen molar-refractivity contribution in [2.24, 2.45) is 5.92 Å². The van der Waals surface area contributed by atoms with Crippen LogP contribution >= 0.6 is 0 Å². The van der Waals surface area contributed by atoms with Crippen LogP contribution in [0, 0.1) is 5.92 Å². The summed E-state index contributed by atoms with van der Waals surface area (Å²) < 4.78 is 42.4. The maximum atomic E-state index is 13.5. The maximum absolute atomic E-state index is 13.5. The molecule has 22 heteroatoms. The van der Waals surface area contributed by atoms with Gasteiger partial charge in [-0.2, -0.15) is 0 Å². The van der Waals surface area contributed by atoms with Crippen molar-refractivity contribution in [3.05, 3.63) is 29.8 Å². The second-order valence-corrected chi connectivity index (χ2v) is 12.5. The van der Waals surface area contributed by atoms with E-state index in [9.17, 15) is 62.2 Å². The number of hydrogen-bond donors (Lipinski definition) is 9. The number of carboxylic acids is 1. The van der Waals surface area contributed by atoms with Gasteiger partial charge < -0.3 is 60.5 Å². The number of amides is 5. The topological polar surface area (TPSA) is 319 Å². The zero-order chi connectivity index (χ0) is 37.2. The summed E-state index contributed by atoms with van der Waals surface area (Å²) >= 11 is 0. The molecule has 0 radical (unpaired) electrons. The number of aliphatic hydroxyl groups is 3. The number of rotatable bonds is 16.